The average Bonchev–Trinajstić information content (AvgIpc) is 2.47. The van der Waals surface area contributed by atoms with Gasteiger partial charge in [0.1, 0.15) is 11.4 Å². The van der Waals surface area contributed by atoms with E-state index in [9.17, 15) is 0 Å². The molecule has 0 bridgehead atoms. The molecule has 0 saturated heterocycles. The van der Waals surface area contributed by atoms with E-state index in [-0.39, 0.29) is 5.60 Å². The summed E-state index contributed by atoms with van der Waals surface area (Å²) in [5.41, 5.74) is 8.87. The Bertz CT molecular complexity index is 449. The zero-order valence-electron chi connectivity index (χ0n) is 12.0. The summed E-state index contributed by atoms with van der Waals surface area (Å²) >= 11 is 0. The molecule has 0 amide bonds. The highest BCUT2D eigenvalue weighted by Crippen LogP contribution is 2.46. The zero-order chi connectivity index (χ0) is 13.3. The van der Waals surface area contributed by atoms with Gasteiger partial charge >= 0.3 is 0 Å². The Morgan fingerprint density at radius 1 is 1.26 bits per heavy atom. The van der Waals surface area contributed by atoms with E-state index in [2.05, 4.69) is 25.1 Å². The Morgan fingerprint density at radius 3 is 2.74 bits per heavy atom. The molecular formula is C17H25NO. The second-order valence-corrected chi connectivity index (χ2v) is 6.21. The van der Waals surface area contributed by atoms with Crippen LogP contribution in [0.2, 0.25) is 0 Å². The van der Waals surface area contributed by atoms with Crippen molar-refractivity contribution >= 4 is 0 Å². The van der Waals surface area contributed by atoms with Crippen molar-refractivity contribution in [2.24, 2.45) is 5.73 Å². The molecule has 2 aliphatic rings. The van der Waals surface area contributed by atoms with Crippen LogP contribution in [0.25, 0.3) is 0 Å². The number of hydrogen-bond donors (Lipinski definition) is 1. The van der Waals surface area contributed by atoms with Crippen LogP contribution in [0.5, 0.6) is 5.75 Å². The molecule has 1 aromatic rings. The molecule has 2 N–H and O–H groups in total. The fourth-order valence-corrected chi connectivity index (χ4v) is 3.78. The molecule has 0 radical (unpaired) electrons. The average molecular weight is 259 g/mol. The summed E-state index contributed by atoms with van der Waals surface area (Å²) in [7, 11) is 0. The van der Waals surface area contributed by atoms with Crippen molar-refractivity contribution in [3.05, 3.63) is 29.3 Å². The molecule has 104 valence electrons. The van der Waals surface area contributed by atoms with E-state index in [4.69, 9.17) is 10.5 Å². The van der Waals surface area contributed by atoms with E-state index < -0.39 is 0 Å². The Balaban J connectivity index is 1.94. The summed E-state index contributed by atoms with van der Waals surface area (Å²) in [6, 6.07) is 6.68. The van der Waals surface area contributed by atoms with Crippen molar-refractivity contribution < 1.29 is 4.74 Å². The molecule has 1 aliphatic heterocycles. The highest BCUT2D eigenvalue weighted by atomic mass is 16.5. The maximum Gasteiger partial charge on any atom is 0.123 e. The molecule has 19 heavy (non-hydrogen) atoms. The molecule has 1 unspecified atom stereocenters. The largest absolute Gasteiger partial charge is 0.487 e. The smallest absolute Gasteiger partial charge is 0.123 e. The van der Waals surface area contributed by atoms with E-state index in [1.54, 1.807) is 0 Å². The Kier molecular flexibility index (Phi) is 3.53. The van der Waals surface area contributed by atoms with Crippen molar-refractivity contribution in [3.63, 3.8) is 0 Å². The number of benzene rings is 1. The first-order chi connectivity index (χ1) is 9.26. The minimum Gasteiger partial charge on any atom is -0.487 e. The van der Waals surface area contributed by atoms with Gasteiger partial charge < -0.3 is 10.5 Å². The van der Waals surface area contributed by atoms with Gasteiger partial charge in [0.15, 0.2) is 0 Å². The predicted molar refractivity (Wildman–Crippen MR) is 78.7 cm³/mol. The SMILES string of the molecule is CCc1ccc2c(c1)C(CN)CC1(CCCCC1)O2. The van der Waals surface area contributed by atoms with Gasteiger partial charge in [0, 0.05) is 5.92 Å². The van der Waals surface area contributed by atoms with Crippen LogP contribution < -0.4 is 10.5 Å². The van der Waals surface area contributed by atoms with Crippen LogP contribution in [-0.2, 0) is 6.42 Å². The van der Waals surface area contributed by atoms with Crippen LogP contribution in [0.15, 0.2) is 18.2 Å². The maximum absolute atomic E-state index is 6.44. The fraction of sp³-hybridized carbons (Fsp3) is 0.647. The number of ether oxygens (including phenoxy) is 1. The molecule has 1 saturated carbocycles. The van der Waals surface area contributed by atoms with Gasteiger partial charge in [-0.25, -0.2) is 0 Å². The van der Waals surface area contributed by atoms with E-state index in [1.165, 1.54) is 43.2 Å². The summed E-state index contributed by atoms with van der Waals surface area (Å²) < 4.78 is 6.44. The lowest BCUT2D eigenvalue weighted by Gasteiger charge is -2.44. The van der Waals surface area contributed by atoms with Gasteiger partial charge in [0.05, 0.1) is 0 Å². The number of fused-ring (bicyclic) bond motifs is 1. The van der Waals surface area contributed by atoms with Crippen molar-refractivity contribution in [3.8, 4) is 5.75 Å². The zero-order valence-corrected chi connectivity index (χ0v) is 12.0. The van der Waals surface area contributed by atoms with Crippen molar-refractivity contribution in [2.45, 2.75) is 63.4 Å². The molecule has 2 nitrogen and oxygen atoms in total. The molecule has 1 fully saturated rings. The minimum absolute atomic E-state index is 0.0863. The molecule has 1 spiro atoms. The molecular weight excluding hydrogens is 234 g/mol. The van der Waals surface area contributed by atoms with Gasteiger partial charge in [-0.2, -0.15) is 0 Å². The third kappa shape index (κ3) is 2.38. The summed E-state index contributed by atoms with van der Waals surface area (Å²) in [5.74, 6) is 1.58. The summed E-state index contributed by atoms with van der Waals surface area (Å²) in [6.07, 6.45) is 8.58. The first-order valence-electron chi connectivity index (χ1n) is 7.78. The van der Waals surface area contributed by atoms with Crippen molar-refractivity contribution in [2.75, 3.05) is 6.54 Å². The van der Waals surface area contributed by atoms with Gasteiger partial charge in [0.2, 0.25) is 0 Å². The van der Waals surface area contributed by atoms with Gasteiger partial charge in [-0.1, -0.05) is 25.5 Å². The third-order valence-corrected chi connectivity index (χ3v) is 4.92. The molecule has 2 heteroatoms. The summed E-state index contributed by atoms with van der Waals surface area (Å²) in [4.78, 5) is 0. The second-order valence-electron chi connectivity index (χ2n) is 6.21. The van der Waals surface area contributed by atoms with Gasteiger partial charge in [-0.15, -0.1) is 0 Å². The Morgan fingerprint density at radius 2 is 2.05 bits per heavy atom. The molecule has 1 aliphatic carbocycles. The van der Waals surface area contributed by atoms with Crippen LogP contribution in [0, 0.1) is 0 Å². The van der Waals surface area contributed by atoms with Crippen molar-refractivity contribution in [1.82, 2.24) is 0 Å². The maximum atomic E-state index is 6.44. The van der Waals surface area contributed by atoms with Gasteiger partial charge in [-0.05, 0) is 62.3 Å². The lowest BCUT2D eigenvalue weighted by molar-refractivity contribution is 0.00217. The number of hydrogen-bond acceptors (Lipinski definition) is 2. The van der Waals surface area contributed by atoms with Crippen LogP contribution in [0.4, 0.5) is 0 Å². The quantitative estimate of drug-likeness (QED) is 0.877. The Labute approximate surface area is 116 Å². The third-order valence-electron chi connectivity index (χ3n) is 4.92. The topological polar surface area (TPSA) is 35.2 Å². The summed E-state index contributed by atoms with van der Waals surface area (Å²) in [6.45, 7) is 2.94. The van der Waals surface area contributed by atoms with Crippen LogP contribution >= 0.6 is 0 Å². The summed E-state index contributed by atoms with van der Waals surface area (Å²) in [5, 5.41) is 0. The molecule has 1 aromatic carbocycles. The second kappa shape index (κ2) is 5.16. The van der Waals surface area contributed by atoms with Crippen molar-refractivity contribution in [1.29, 1.82) is 0 Å². The van der Waals surface area contributed by atoms with E-state index >= 15 is 0 Å². The number of aryl methyl sites for hydroxylation is 1. The number of nitrogens with two attached hydrogens (primary N) is 1. The normalized spacial score (nSPS) is 24.8. The van der Waals surface area contributed by atoms with Gasteiger partial charge in [-0.3, -0.25) is 0 Å². The molecule has 1 atom stereocenters. The predicted octanol–water partition coefficient (Wildman–Crippen LogP) is 3.78. The monoisotopic (exact) mass is 259 g/mol. The van der Waals surface area contributed by atoms with Gasteiger partial charge in [0.25, 0.3) is 0 Å². The fourth-order valence-electron chi connectivity index (χ4n) is 3.78. The first-order valence-corrected chi connectivity index (χ1v) is 7.78. The standard InChI is InChI=1S/C17H25NO/c1-2-13-6-7-16-15(10-13)14(12-18)11-17(19-16)8-4-3-5-9-17/h6-7,10,14H,2-5,8-9,11-12,18H2,1H3. The highest BCUT2D eigenvalue weighted by Gasteiger charge is 2.41. The first kappa shape index (κ1) is 13.0. The molecule has 1 heterocycles. The van der Waals surface area contributed by atoms with Crippen LogP contribution in [0.1, 0.15) is 62.5 Å². The van der Waals surface area contributed by atoms with Crippen LogP contribution in [0.3, 0.4) is 0 Å². The van der Waals surface area contributed by atoms with E-state index in [0.717, 1.165) is 25.1 Å². The molecule has 0 aromatic heterocycles. The lowest BCUT2D eigenvalue weighted by atomic mass is 9.74. The molecule has 3 rings (SSSR count). The van der Waals surface area contributed by atoms with E-state index in [1.807, 2.05) is 0 Å². The van der Waals surface area contributed by atoms with Crippen LogP contribution in [-0.4, -0.2) is 12.1 Å². The lowest BCUT2D eigenvalue weighted by Crippen LogP contribution is -2.44. The highest BCUT2D eigenvalue weighted by molar-refractivity contribution is 5.42. The Hall–Kier alpha value is -1.02. The number of rotatable bonds is 2. The minimum atomic E-state index is 0.0863. The van der Waals surface area contributed by atoms with E-state index in [0.29, 0.717) is 5.92 Å².